The number of hydrogen-bond donors (Lipinski definition) is 2. The number of nitrogens with two attached hydrogens (primary N) is 1. The SMILES string of the molecule is CN(Cc1c(F)cccc1Cl)C(=O)c1ccc(NC(N)=O)cc1. The quantitative estimate of drug-likeness (QED) is 0.900. The fraction of sp³-hybridized carbons (Fsp3) is 0.125. The van der Waals surface area contributed by atoms with Crippen LogP contribution in [-0.2, 0) is 6.54 Å². The first-order chi connectivity index (χ1) is 10.9. The van der Waals surface area contributed by atoms with Crippen molar-refractivity contribution in [3.63, 3.8) is 0 Å². The lowest BCUT2D eigenvalue weighted by molar-refractivity contribution is 0.0784. The highest BCUT2D eigenvalue weighted by atomic mass is 35.5. The Kier molecular flexibility index (Phi) is 5.18. The second-order valence-corrected chi connectivity index (χ2v) is 5.34. The number of hydrogen-bond acceptors (Lipinski definition) is 2. The Labute approximate surface area is 137 Å². The van der Waals surface area contributed by atoms with Crippen LogP contribution < -0.4 is 11.1 Å². The highest BCUT2D eigenvalue weighted by molar-refractivity contribution is 6.31. The molecule has 0 saturated heterocycles. The first kappa shape index (κ1) is 16.8. The van der Waals surface area contributed by atoms with Crippen molar-refractivity contribution in [1.82, 2.24) is 4.90 Å². The van der Waals surface area contributed by atoms with Gasteiger partial charge in [-0.15, -0.1) is 0 Å². The van der Waals surface area contributed by atoms with Crippen LogP contribution in [0.5, 0.6) is 0 Å². The van der Waals surface area contributed by atoms with Crippen LogP contribution >= 0.6 is 11.6 Å². The van der Waals surface area contributed by atoms with Crippen LogP contribution in [0.3, 0.4) is 0 Å². The van der Waals surface area contributed by atoms with Crippen LogP contribution in [0.4, 0.5) is 14.9 Å². The minimum absolute atomic E-state index is 0.0472. The molecule has 0 saturated carbocycles. The molecule has 0 aliphatic carbocycles. The van der Waals surface area contributed by atoms with E-state index >= 15 is 0 Å². The Balaban J connectivity index is 2.12. The number of amides is 3. The number of rotatable bonds is 4. The molecule has 0 spiro atoms. The van der Waals surface area contributed by atoms with Gasteiger partial charge < -0.3 is 16.0 Å². The zero-order chi connectivity index (χ0) is 17.0. The molecule has 7 heteroatoms. The number of halogens is 2. The Morgan fingerprint density at radius 2 is 1.87 bits per heavy atom. The van der Waals surface area contributed by atoms with Gasteiger partial charge in [-0.3, -0.25) is 4.79 Å². The van der Waals surface area contributed by atoms with Crippen molar-refractivity contribution in [3.05, 3.63) is 64.4 Å². The minimum atomic E-state index is -0.685. The maximum absolute atomic E-state index is 13.8. The summed E-state index contributed by atoms with van der Waals surface area (Å²) in [6.45, 7) is 0.0472. The van der Waals surface area contributed by atoms with E-state index in [-0.39, 0.29) is 23.0 Å². The zero-order valence-corrected chi connectivity index (χ0v) is 13.1. The molecule has 2 rings (SSSR count). The van der Waals surface area contributed by atoms with E-state index in [1.165, 1.54) is 17.0 Å². The summed E-state index contributed by atoms with van der Waals surface area (Å²) in [5.74, 6) is -0.756. The lowest BCUT2D eigenvalue weighted by atomic mass is 10.1. The molecule has 0 fully saturated rings. The second kappa shape index (κ2) is 7.11. The maximum Gasteiger partial charge on any atom is 0.316 e. The van der Waals surface area contributed by atoms with Crippen LogP contribution in [-0.4, -0.2) is 23.9 Å². The molecule has 0 heterocycles. The van der Waals surface area contributed by atoms with Gasteiger partial charge in [0.05, 0.1) is 0 Å². The third kappa shape index (κ3) is 4.20. The van der Waals surface area contributed by atoms with Crippen LogP contribution in [0.1, 0.15) is 15.9 Å². The highest BCUT2D eigenvalue weighted by Gasteiger charge is 2.16. The zero-order valence-electron chi connectivity index (χ0n) is 12.3. The van der Waals surface area contributed by atoms with E-state index < -0.39 is 11.8 Å². The molecule has 0 unspecified atom stereocenters. The molecule has 0 aliphatic heterocycles. The predicted molar refractivity (Wildman–Crippen MR) is 86.9 cm³/mol. The van der Waals surface area contributed by atoms with E-state index in [0.29, 0.717) is 11.3 Å². The van der Waals surface area contributed by atoms with Crippen molar-refractivity contribution >= 4 is 29.2 Å². The summed E-state index contributed by atoms with van der Waals surface area (Å²) in [6.07, 6.45) is 0. The molecule has 23 heavy (non-hydrogen) atoms. The van der Waals surface area contributed by atoms with E-state index in [4.69, 9.17) is 17.3 Å². The van der Waals surface area contributed by atoms with Crippen LogP contribution in [0.15, 0.2) is 42.5 Å². The van der Waals surface area contributed by atoms with Gasteiger partial charge in [0.15, 0.2) is 0 Å². The second-order valence-electron chi connectivity index (χ2n) is 4.93. The highest BCUT2D eigenvalue weighted by Crippen LogP contribution is 2.21. The van der Waals surface area contributed by atoms with E-state index in [1.54, 1.807) is 37.4 Å². The molecule has 0 radical (unpaired) electrons. The number of carbonyl (C=O) groups is 2. The van der Waals surface area contributed by atoms with Crippen LogP contribution in [0.2, 0.25) is 5.02 Å². The number of nitrogens with zero attached hydrogens (tertiary/aromatic N) is 1. The van der Waals surface area contributed by atoms with Crippen molar-refractivity contribution in [1.29, 1.82) is 0 Å². The minimum Gasteiger partial charge on any atom is -0.351 e. The van der Waals surface area contributed by atoms with Gasteiger partial charge in [0.25, 0.3) is 5.91 Å². The Morgan fingerprint density at radius 1 is 1.22 bits per heavy atom. The third-order valence-electron chi connectivity index (χ3n) is 3.20. The molecular weight excluding hydrogens is 321 g/mol. The number of primary amides is 1. The molecule has 5 nitrogen and oxygen atoms in total. The summed E-state index contributed by atoms with van der Waals surface area (Å²) >= 11 is 5.96. The standard InChI is InChI=1S/C16H15ClFN3O2/c1-21(9-12-13(17)3-2-4-14(12)18)15(22)10-5-7-11(8-6-10)20-16(19)23/h2-8H,9H2,1H3,(H3,19,20,23). The van der Waals surface area contributed by atoms with E-state index in [9.17, 15) is 14.0 Å². The van der Waals surface area contributed by atoms with Crippen molar-refractivity contribution < 1.29 is 14.0 Å². The Hall–Kier alpha value is -2.60. The van der Waals surface area contributed by atoms with E-state index in [0.717, 1.165) is 0 Å². The molecule has 0 bridgehead atoms. The molecule has 0 aliphatic rings. The summed E-state index contributed by atoms with van der Waals surface area (Å²) in [5.41, 5.74) is 6.15. The fourth-order valence-corrected chi connectivity index (χ4v) is 2.27. The van der Waals surface area contributed by atoms with Crippen molar-refractivity contribution in [2.24, 2.45) is 5.73 Å². The van der Waals surface area contributed by atoms with Crippen molar-refractivity contribution in [3.8, 4) is 0 Å². The third-order valence-corrected chi connectivity index (χ3v) is 3.56. The van der Waals surface area contributed by atoms with Gasteiger partial charge >= 0.3 is 6.03 Å². The van der Waals surface area contributed by atoms with Crippen LogP contribution in [0, 0.1) is 5.82 Å². The molecule has 0 atom stereocenters. The average Bonchev–Trinajstić information content (AvgIpc) is 2.50. The fourth-order valence-electron chi connectivity index (χ4n) is 2.05. The van der Waals surface area contributed by atoms with Crippen molar-refractivity contribution in [2.75, 3.05) is 12.4 Å². The molecular formula is C16H15ClFN3O2. The molecule has 2 aromatic carbocycles. The van der Waals surface area contributed by atoms with Gasteiger partial charge in [-0.2, -0.15) is 0 Å². The number of urea groups is 1. The largest absolute Gasteiger partial charge is 0.351 e. The van der Waals surface area contributed by atoms with Gasteiger partial charge in [0.2, 0.25) is 0 Å². The summed E-state index contributed by atoms with van der Waals surface area (Å²) in [5, 5.41) is 2.67. The monoisotopic (exact) mass is 335 g/mol. The molecule has 3 amide bonds. The van der Waals surface area contributed by atoms with E-state index in [2.05, 4.69) is 5.32 Å². The predicted octanol–water partition coefficient (Wildman–Crippen LogP) is 3.24. The molecule has 3 N–H and O–H groups in total. The summed E-state index contributed by atoms with van der Waals surface area (Å²) in [4.78, 5) is 24.5. The maximum atomic E-state index is 13.8. The van der Waals surface area contributed by atoms with Gasteiger partial charge in [0, 0.05) is 35.4 Å². The summed E-state index contributed by atoms with van der Waals surface area (Å²) < 4.78 is 13.8. The molecule has 0 aromatic heterocycles. The lowest BCUT2D eigenvalue weighted by Gasteiger charge is -2.18. The molecule has 2 aromatic rings. The smallest absolute Gasteiger partial charge is 0.316 e. The number of nitrogens with one attached hydrogen (secondary N) is 1. The van der Waals surface area contributed by atoms with Crippen molar-refractivity contribution in [2.45, 2.75) is 6.54 Å². The number of anilines is 1. The normalized spacial score (nSPS) is 10.2. The van der Waals surface area contributed by atoms with Gasteiger partial charge in [-0.1, -0.05) is 17.7 Å². The lowest BCUT2D eigenvalue weighted by Crippen LogP contribution is -2.27. The Bertz CT molecular complexity index is 714. The summed E-state index contributed by atoms with van der Waals surface area (Å²) in [6, 6.07) is 9.90. The Morgan fingerprint density at radius 3 is 2.43 bits per heavy atom. The van der Waals surface area contributed by atoms with Crippen LogP contribution in [0.25, 0.3) is 0 Å². The topological polar surface area (TPSA) is 75.4 Å². The van der Waals surface area contributed by atoms with Gasteiger partial charge in [-0.05, 0) is 36.4 Å². The first-order valence-electron chi connectivity index (χ1n) is 6.73. The average molecular weight is 336 g/mol. The first-order valence-corrected chi connectivity index (χ1v) is 7.11. The molecule has 120 valence electrons. The van der Waals surface area contributed by atoms with Gasteiger partial charge in [-0.25, -0.2) is 9.18 Å². The summed E-state index contributed by atoms with van der Waals surface area (Å²) in [7, 11) is 1.56. The number of carbonyl (C=O) groups excluding carboxylic acids is 2. The van der Waals surface area contributed by atoms with E-state index in [1.807, 2.05) is 0 Å². The van der Waals surface area contributed by atoms with Gasteiger partial charge in [0.1, 0.15) is 5.82 Å². The number of benzene rings is 2.